The second-order valence-corrected chi connectivity index (χ2v) is 8.05. The number of hydrogen-bond donors (Lipinski definition) is 2. The predicted octanol–water partition coefficient (Wildman–Crippen LogP) is 3.90. The number of nitrogens with one attached hydrogen (secondary N) is 2. The highest BCUT2D eigenvalue weighted by Crippen LogP contribution is 2.16. The van der Waals surface area contributed by atoms with Crippen LogP contribution in [-0.4, -0.2) is 53.0 Å². The summed E-state index contributed by atoms with van der Waals surface area (Å²) in [5.74, 6) is 0.821. The van der Waals surface area contributed by atoms with Crippen LogP contribution in [0.1, 0.15) is 31.0 Å². The number of rotatable bonds is 6. The highest BCUT2D eigenvalue weighted by molar-refractivity contribution is 6.30. The Morgan fingerprint density at radius 1 is 1.27 bits per heavy atom. The average molecular weight is 431 g/mol. The molecule has 0 unspecified atom stereocenters. The fraction of sp³-hybridized carbons (Fsp3) is 0.455. The van der Waals surface area contributed by atoms with Crippen molar-refractivity contribution in [3.05, 3.63) is 52.8 Å². The maximum atomic E-state index is 12.3. The molecule has 1 aliphatic heterocycles. The van der Waals surface area contributed by atoms with Crippen molar-refractivity contribution >= 4 is 29.3 Å². The number of aromatic nitrogens is 1. The first-order valence-corrected chi connectivity index (χ1v) is 10.8. The summed E-state index contributed by atoms with van der Waals surface area (Å²) in [5.41, 5.74) is 2.95. The lowest BCUT2D eigenvalue weighted by atomic mass is 10.2. The number of carbonyl (C=O) groups is 1. The van der Waals surface area contributed by atoms with Gasteiger partial charge in [0.05, 0.1) is 18.1 Å². The van der Waals surface area contributed by atoms with Crippen molar-refractivity contribution in [3.63, 3.8) is 0 Å². The zero-order valence-electron chi connectivity index (χ0n) is 18.0. The van der Waals surface area contributed by atoms with Gasteiger partial charge in [-0.15, -0.1) is 0 Å². The van der Waals surface area contributed by atoms with Crippen LogP contribution in [0.25, 0.3) is 0 Å². The molecule has 2 heterocycles. The fourth-order valence-corrected chi connectivity index (χ4v) is 3.82. The van der Waals surface area contributed by atoms with Gasteiger partial charge in [0.2, 0.25) is 0 Å². The maximum absolute atomic E-state index is 12.3. The molecule has 0 bridgehead atoms. The van der Waals surface area contributed by atoms with E-state index in [1.54, 1.807) is 0 Å². The van der Waals surface area contributed by atoms with Crippen LogP contribution in [0, 0.1) is 0 Å². The van der Waals surface area contributed by atoms with Gasteiger partial charge >= 0.3 is 6.03 Å². The number of hydrogen-bond acceptors (Lipinski definition) is 2. The van der Waals surface area contributed by atoms with Gasteiger partial charge < -0.3 is 25.0 Å². The molecule has 0 atom stereocenters. The minimum Gasteiger partial charge on any atom is -0.357 e. The van der Waals surface area contributed by atoms with E-state index in [1.165, 1.54) is 0 Å². The Bertz CT molecular complexity index is 888. The first kappa shape index (κ1) is 22.0. The summed E-state index contributed by atoms with van der Waals surface area (Å²) in [4.78, 5) is 21.0. The Morgan fingerprint density at radius 2 is 2.03 bits per heavy atom. The standard InChI is InChI=1S/C22H31ClN6O/c1-4-24-21(28(3)16-20-13-18(23)15-27(20)2)25-14-17-8-7-9-19(12-17)26-22(30)29-10-5-6-11-29/h7-9,12-13,15H,4-6,10-11,14,16H2,1-3H3,(H,24,25)(H,26,30). The van der Waals surface area contributed by atoms with Crippen molar-refractivity contribution in [1.29, 1.82) is 0 Å². The van der Waals surface area contributed by atoms with Gasteiger partial charge in [-0.3, -0.25) is 0 Å². The van der Waals surface area contributed by atoms with E-state index in [9.17, 15) is 4.79 Å². The summed E-state index contributed by atoms with van der Waals surface area (Å²) in [5, 5.41) is 7.07. The van der Waals surface area contributed by atoms with Gasteiger partial charge in [-0.2, -0.15) is 0 Å². The summed E-state index contributed by atoms with van der Waals surface area (Å²) >= 11 is 6.11. The van der Waals surface area contributed by atoms with Crippen molar-refractivity contribution in [3.8, 4) is 0 Å². The second-order valence-electron chi connectivity index (χ2n) is 7.61. The lowest BCUT2D eigenvalue weighted by molar-refractivity contribution is 0.222. The molecule has 30 heavy (non-hydrogen) atoms. The molecule has 0 spiro atoms. The number of guanidine groups is 1. The van der Waals surface area contributed by atoms with E-state index in [-0.39, 0.29) is 6.03 Å². The average Bonchev–Trinajstić information content (AvgIpc) is 3.35. The second kappa shape index (κ2) is 10.4. The van der Waals surface area contributed by atoms with E-state index < -0.39 is 0 Å². The Morgan fingerprint density at radius 3 is 2.70 bits per heavy atom. The summed E-state index contributed by atoms with van der Waals surface area (Å²) in [6.45, 7) is 5.72. The summed E-state index contributed by atoms with van der Waals surface area (Å²) in [7, 11) is 4.00. The van der Waals surface area contributed by atoms with Crippen LogP contribution < -0.4 is 10.6 Å². The number of likely N-dealkylation sites (tertiary alicyclic amines) is 1. The molecule has 1 fully saturated rings. The number of urea groups is 1. The quantitative estimate of drug-likeness (QED) is 0.539. The van der Waals surface area contributed by atoms with E-state index >= 15 is 0 Å². The van der Waals surface area contributed by atoms with E-state index in [4.69, 9.17) is 16.6 Å². The topological polar surface area (TPSA) is 64.9 Å². The number of carbonyl (C=O) groups excluding carboxylic acids is 1. The Labute approximate surface area is 183 Å². The number of aryl methyl sites for hydroxylation is 1. The van der Waals surface area contributed by atoms with Crippen LogP contribution in [0.4, 0.5) is 10.5 Å². The van der Waals surface area contributed by atoms with E-state index in [0.717, 1.165) is 60.4 Å². The van der Waals surface area contributed by atoms with Crippen molar-refractivity contribution in [2.45, 2.75) is 32.9 Å². The molecular weight excluding hydrogens is 400 g/mol. The molecule has 1 aromatic carbocycles. The lowest BCUT2D eigenvalue weighted by Gasteiger charge is -2.22. The molecule has 3 rings (SSSR count). The smallest absolute Gasteiger partial charge is 0.321 e. The summed E-state index contributed by atoms with van der Waals surface area (Å²) < 4.78 is 2.02. The zero-order chi connectivity index (χ0) is 21.5. The minimum atomic E-state index is -0.0255. The third-order valence-corrected chi connectivity index (χ3v) is 5.36. The van der Waals surface area contributed by atoms with Crippen molar-refractivity contribution in [1.82, 2.24) is 19.7 Å². The Kier molecular flexibility index (Phi) is 7.63. The highest BCUT2D eigenvalue weighted by Gasteiger charge is 2.17. The molecule has 8 heteroatoms. The van der Waals surface area contributed by atoms with Crippen LogP contribution in [0.2, 0.25) is 5.02 Å². The van der Waals surface area contributed by atoms with Gasteiger partial charge in [-0.1, -0.05) is 23.7 Å². The molecule has 0 aliphatic carbocycles. The first-order valence-electron chi connectivity index (χ1n) is 10.4. The molecule has 1 saturated heterocycles. The molecule has 2 N–H and O–H groups in total. The predicted molar refractivity (Wildman–Crippen MR) is 123 cm³/mol. The van der Waals surface area contributed by atoms with Gasteiger partial charge in [-0.25, -0.2) is 9.79 Å². The van der Waals surface area contributed by atoms with Crippen LogP contribution in [0.3, 0.4) is 0 Å². The van der Waals surface area contributed by atoms with Crippen molar-refractivity contribution in [2.24, 2.45) is 12.0 Å². The maximum Gasteiger partial charge on any atom is 0.321 e. The van der Waals surface area contributed by atoms with E-state index in [2.05, 4.69) is 22.5 Å². The van der Waals surface area contributed by atoms with E-state index in [1.807, 2.05) is 60.1 Å². The molecule has 2 amide bonds. The van der Waals surface area contributed by atoms with Crippen molar-refractivity contribution < 1.29 is 4.79 Å². The summed E-state index contributed by atoms with van der Waals surface area (Å²) in [6.07, 6.45) is 4.06. The van der Waals surface area contributed by atoms with Crippen LogP contribution >= 0.6 is 11.6 Å². The van der Waals surface area contributed by atoms with Crippen LogP contribution in [-0.2, 0) is 20.1 Å². The van der Waals surface area contributed by atoms with Gasteiger partial charge in [0.15, 0.2) is 5.96 Å². The first-order chi connectivity index (χ1) is 14.5. The minimum absolute atomic E-state index is 0.0255. The summed E-state index contributed by atoms with van der Waals surface area (Å²) in [6, 6.07) is 9.81. The van der Waals surface area contributed by atoms with Crippen LogP contribution in [0.15, 0.2) is 41.5 Å². The normalized spacial score (nSPS) is 14.1. The van der Waals surface area contributed by atoms with Gasteiger partial charge in [0.1, 0.15) is 0 Å². The number of aliphatic imine (C=N–C) groups is 1. The zero-order valence-corrected chi connectivity index (χ0v) is 18.7. The SMILES string of the molecule is CCNC(=NCc1cccc(NC(=O)N2CCCC2)c1)N(C)Cc1cc(Cl)cn1C. The highest BCUT2D eigenvalue weighted by atomic mass is 35.5. The Balaban J connectivity index is 1.65. The number of amides is 2. The molecule has 1 aromatic heterocycles. The third-order valence-electron chi connectivity index (χ3n) is 5.15. The molecule has 2 aromatic rings. The molecule has 1 aliphatic rings. The van der Waals surface area contributed by atoms with Crippen molar-refractivity contribution in [2.75, 3.05) is 32.0 Å². The number of halogens is 1. The number of benzene rings is 1. The molecule has 7 nitrogen and oxygen atoms in total. The van der Waals surface area contributed by atoms with E-state index in [0.29, 0.717) is 13.1 Å². The third kappa shape index (κ3) is 5.92. The largest absolute Gasteiger partial charge is 0.357 e. The number of nitrogens with zero attached hydrogens (tertiary/aromatic N) is 4. The van der Waals surface area contributed by atoms with Gasteiger partial charge in [0.25, 0.3) is 0 Å². The number of anilines is 1. The Hall–Kier alpha value is -2.67. The fourth-order valence-electron chi connectivity index (χ4n) is 3.55. The van der Waals surface area contributed by atoms with Crippen LogP contribution in [0.5, 0.6) is 0 Å². The molecule has 0 radical (unpaired) electrons. The van der Waals surface area contributed by atoms with Gasteiger partial charge in [0, 0.05) is 51.3 Å². The van der Waals surface area contributed by atoms with Gasteiger partial charge in [-0.05, 0) is 43.5 Å². The molecular formula is C22H31ClN6O. The molecule has 0 saturated carbocycles. The monoisotopic (exact) mass is 430 g/mol. The lowest BCUT2D eigenvalue weighted by Crippen LogP contribution is -2.38. The molecule has 162 valence electrons.